The second-order valence-corrected chi connectivity index (χ2v) is 5.67. The number of hydrogen-bond acceptors (Lipinski definition) is 2. The molecule has 0 radical (unpaired) electrons. The summed E-state index contributed by atoms with van der Waals surface area (Å²) in [5.74, 6) is 0. The van der Waals surface area contributed by atoms with Crippen molar-refractivity contribution in [2.45, 2.75) is 6.42 Å². The van der Waals surface area contributed by atoms with Crippen LogP contribution in [0.2, 0.25) is 5.02 Å². The Kier molecular flexibility index (Phi) is 5.35. The molecule has 102 valence electrons. The minimum Gasteiger partial charge on any atom is -0.241 e. The summed E-state index contributed by atoms with van der Waals surface area (Å²) >= 11 is 7.59. The first-order valence-electron chi connectivity index (χ1n) is 6.05. The second-order valence-electron chi connectivity index (χ2n) is 4.30. The van der Waals surface area contributed by atoms with Crippen molar-refractivity contribution in [3.8, 4) is 11.3 Å². The van der Waals surface area contributed by atoms with Gasteiger partial charge in [-0.05, 0) is 17.7 Å². The Morgan fingerprint density at radius 1 is 0.950 bits per heavy atom. The molecule has 0 aliphatic rings. The Labute approximate surface area is 138 Å². The van der Waals surface area contributed by atoms with E-state index in [9.17, 15) is 0 Å². The molecular weight excluding hydrogens is 354 g/mol. The van der Waals surface area contributed by atoms with Gasteiger partial charge in [-0.15, -0.1) is 28.3 Å². The van der Waals surface area contributed by atoms with Gasteiger partial charge >= 0.3 is 0 Å². The van der Waals surface area contributed by atoms with Gasteiger partial charge in [0.05, 0.1) is 10.7 Å². The number of thiazole rings is 1. The average molecular weight is 367 g/mol. The van der Waals surface area contributed by atoms with Crippen molar-refractivity contribution in [1.82, 2.24) is 4.98 Å². The van der Waals surface area contributed by atoms with Crippen LogP contribution in [0.5, 0.6) is 0 Å². The van der Waals surface area contributed by atoms with Crippen LogP contribution >= 0.6 is 39.9 Å². The standard InChI is InChI=1S/C16H12ClNS.BrH/c17-14-8-6-13(7-9-14)15-11-19-16(18-15)10-12-4-2-1-3-5-12;/h1-9,11H,10H2;1H. The molecule has 0 atom stereocenters. The molecule has 0 amide bonds. The van der Waals surface area contributed by atoms with Crippen molar-refractivity contribution < 1.29 is 0 Å². The van der Waals surface area contributed by atoms with Gasteiger partial charge in [0.15, 0.2) is 0 Å². The maximum Gasteiger partial charge on any atom is 0.0976 e. The lowest BCUT2D eigenvalue weighted by molar-refractivity contribution is 1.14. The van der Waals surface area contributed by atoms with E-state index in [2.05, 4.69) is 34.6 Å². The van der Waals surface area contributed by atoms with E-state index >= 15 is 0 Å². The number of nitrogens with zero attached hydrogens (tertiary/aromatic N) is 1. The van der Waals surface area contributed by atoms with Gasteiger partial charge in [-0.1, -0.05) is 54.1 Å². The highest BCUT2D eigenvalue weighted by molar-refractivity contribution is 8.93. The molecule has 1 heterocycles. The van der Waals surface area contributed by atoms with E-state index in [1.54, 1.807) is 11.3 Å². The summed E-state index contributed by atoms with van der Waals surface area (Å²) in [6.07, 6.45) is 0.888. The van der Waals surface area contributed by atoms with Crippen molar-refractivity contribution in [3.63, 3.8) is 0 Å². The zero-order valence-corrected chi connectivity index (χ0v) is 13.9. The summed E-state index contributed by atoms with van der Waals surface area (Å²) in [6.45, 7) is 0. The van der Waals surface area contributed by atoms with Gasteiger partial charge in [0, 0.05) is 22.4 Å². The topological polar surface area (TPSA) is 12.9 Å². The smallest absolute Gasteiger partial charge is 0.0976 e. The van der Waals surface area contributed by atoms with E-state index in [0.29, 0.717) is 0 Å². The lowest BCUT2D eigenvalue weighted by Gasteiger charge is -1.97. The second kappa shape index (κ2) is 7.02. The molecule has 0 spiro atoms. The van der Waals surface area contributed by atoms with E-state index in [0.717, 1.165) is 27.7 Å². The number of hydrogen-bond donors (Lipinski definition) is 0. The molecule has 0 saturated carbocycles. The van der Waals surface area contributed by atoms with Crippen LogP contribution in [0, 0.1) is 0 Å². The Bertz CT molecular complexity index is 664. The molecule has 0 N–H and O–H groups in total. The molecule has 0 aliphatic heterocycles. The van der Waals surface area contributed by atoms with E-state index in [1.165, 1.54) is 5.56 Å². The van der Waals surface area contributed by atoms with E-state index in [4.69, 9.17) is 11.6 Å². The van der Waals surface area contributed by atoms with Crippen LogP contribution in [0.1, 0.15) is 10.6 Å². The molecule has 0 saturated heterocycles. The maximum atomic E-state index is 5.89. The third kappa shape index (κ3) is 3.69. The monoisotopic (exact) mass is 365 g/mol. The Morgan fingerprint density at radius 3 is 2.35 bits per heavy atom. The average Bonchev–Trinajstić information content (AvgIpc) is 2.89. The predicted molar refractivity (Wildman–Crippen MR) is 92.1 cm³/mol. The molecule has 0 unspecified atom stereocenters. The fourth-order valence-electron chi connectivity index (χ4n) is 1.92. The molecular formula is C16H13BrClNS. The summed E-state index contributed by atoms with van der Waals surface area (Å²) in [4.78, 5) is 4.68. The summed E-state index contributed by atoms with van der Waals surface area (Å²) in [5, 5.41) is 3.99. The SMILES string of the molecule is Br.Clc1ccc(-c2csc(Cc3ccccc3)n2)cc1. The van der Waals surface area contributed by atoms with Gasteiger partial charge in [0.25, 0.3) is 0 Å². The predicted octanol–water partition coefficient (Wildman–Crippen LogP) is 5.63. The first kappa shape index (κ1) is 15.2. The first-order valence-corrected chi connectivity index (χ1v) is 7.31. The highest BCUT2D eigenvalue weighted by atomic mass is 79.9. The van der Waals surface area contributed by atoms with Gasteiger partial charge in [0.1, 0.15) is 0 Å². The Hall–Kier alpha value is -1.16. The lowest BCUT2D eigenvalue weighted by atomic mass is 10.1. The van der Waals surface area contributed by atoms with Gasteiger partial charge in [0.2, 0.25) is 0 Å². The summed E-state index contributed by atoms with van der Waals surface area (Å²) in [5.41, 5.74) is 3.42. The minimum atomic E-state index is 0. The van der Waals surface area contributed by atoms with Crippen molar-refractivity contribution in [2.24, 2.45) is 0 Å². The van der Waals surface area contributed by atoms with Gasteiger partial charge in [-0.2, -0.15) is 0 Å². The van der Waals surface area contributed by atoms with E-state index < -0.39 is 0 Å². The fraction of sp³-hybridized carbons (Fsp3) is 0.0625. The van der Waals surface area contributed by atoms with Crippen molar-refractivity contribution >= 4 is 39.9 Å². The van der Waals surface area contributed by atoms with Gasteiger partial charge in [-0.25, -0.2) is 4.98 Å². The molecule has 4 heteroatoms. The molecule has 0 bridgehead atoms. The Morgan fingerprint density at radius 2 is 1.65 bits per heavy atom. The maximum absolute atomic E-state index is 5.89. The zero-order valence-electron chi connectivity index (χ0n) is 10.6. The summed E-state index contributed by atoms with van der Waals surface area (Å²) in [7, 11) is 0. The summed E-state index contributed by atoms with van der Waals surface area (Å²) < 4.78 is 0. The van der Waals surface area contributed by atoms with Crippen LogP contribution < -0.4 is 0 Å². The molecule has 20 heavy (non-hydrogen) atoms. The number of benzene rings is 2. The molecule has 1 nitrogen and oxygen atoms in total. The zero-order chi connectivity index (χ0) is 13.1. The van der Waals surface area contributed by atoms with Crippen LogP contribution in [0.3, 0.4) is 0 Å². The third-order valence-electron chi connectivity index (χ3n) is 2.89. The third-order valence-corrected chi connectivity index (χ3v) is 3.99. The highest BCUT2D eigenvalue weighted by Crippen LogP contribution is 2.24. The van der Waals surface area contributed by atoms with Crippen molar-refractivity contribution in [3.05, 3.63) is 75.6 Å². The molecule has 3 aromatic rings. The largest absolute Gasteiger partial charge is 0.241 e. The highest BCUT2D eigenvalue weighted by Gasteiger charge is 2.05. The molecule has 1 aromatic heterocycles. The number of aromatic nitrogens is 1. The first-order chi connectivity index (χ1) is 9.31. The Balaban J connectivity index is 0.00000147. The summed E-state index contributed by atoms with van der Waals surface area (Å²) in [6, 6.07) is 18.2. The van der Waals surface area contributed by atoms with Gasteiger partial charge < -0.3 is 0 Å². The molecule has 0 aliphatic carbocycles. The fourth-order valence-corrected chi connectivity index (χ4v) is 2.88. The molecule has 3 rings (SSSR count). The van der Waals surface area contributed by atoms with E-state index in [1.807, 2.05) is 30.3 Å². The van der Waals surface area contributed by atoms with Crippen LogP contribution in [0.25, 0.3) is 11.3 Å². The van der Waals surface area contributed by atoms with E-state index in [-0.39, 0.29) is 17.0 Å². The van der Waals surface area contributed by atoms with Crippen LogP contribution in [-0.2, 0) is 6.42 Å². The van der Waals surface area contributed by atoms with Crippen LogP contribution in [-0.4, -0.2) is 4.98 Å². The lowest BCUT2D eigenvalue weighted by Crippen LogP contribution is -1.86. The van der Waals surface area contributed by atoms with Crippen molar-refractivity contribution in [1.29, 1.82) is 0 Å². The molecule has 2 aromatic carbocycles. The van der Waals surface area contributed by atoms with Gasteiger partial charge in [-0.3, -0.25) is 0 Å². The number of halogens is 2. The van der Waals surface area contributed by atoms with Crippen LogP contribution in [0.4, 0.5) is 0 Å². The normalized spacial score (nSPS) is 10.1. The molecule has 0 fully saturated rings. The van der Waals surface area contributed by atoms with Crippen LogP contribution in [0.15, 0.2) is 60.0 Å². The number of rotatable bonds is 3. The quantitative estimate of drug-likeness (QED) is 0.585. The van der Waals surface area contributed by atoms with Crippen molar-refractivity contribution in [2.75, 3.05) is 0 Å². The minimum absolute atomic E-state index is 0.